The van der Waals surface area contributed by atoms with Crippen LogP contribution in [-0.4, -0.2) is 27.4 Å². The molecule has 1 aliphatic rings. The van der Waals surface area contributed by atoms with Crippen molar-refractivity contribution in [2.24, 2.45) is 0 Å². The molecule has 16 heavy (non-hydrogen) atoms. The molecular formula is C11H10ClNOS2. The van der Waals surface area contributed by atoms with Crippen molar-refractivity contribution in [2.45, 2.75) is 6.42 Å². The summed E-state index contributed by atoms with van der Waals surface area (Å²) in [6.45, 7) is 0.732. The first-order valence-electron chi connectivity index (χ1n) is 4.88. The molecule has 1 aliphatic heterocycles. The molecule has 0 bridgehead atoms. The highest BCUT2D eigenvalue weighted by Gasteiger charge is 2.23. The summed E-state index contributed by atoms with van der Waals surface area (Å²) in [6, 6.07) is 7.32. The van der Waals surface area contributed by atoms with E-state index in [-0.39, 0.29) is 5.91 Å². The predicted molar refractivity (Wildman–Crippen MR) is 71.9 cm³/mol. The molecule has 0 radical (unpaired) electrons. The summed E-state index contributed by atoms with van der Waals surface area (Å²) in [5, 5.41) is 0.684. The molecule has 1 aromatic rings. The van der Waals surface area contributed by atoms with Gasteiger partial charge in [0, 0.05) is 17.3 Å². The zero-order valence-corrected chi connectivity index (χ0v) is 10.9. The summed E-state index contributed by atoms with van der Waals surface area (Å²) in [5.74, 6) is 0.975. The number of hydrogen-bond donors (Lipinski definition) is 0. The van der Waals surface area contributed by atoms with Crippen molar-refractivity contribution in [1.29, 1.82) is 0 Å². The SMILES string of the molecule is O=C(Cc1ccc(Cl)cc1)N1CCSC1=S. The predicted octanol–water partition coefficient (Wildman–Crippen LogP) is 2.74. The van der Waals surface area contributed by atoms with Crippen LogP contribution in [0.5, 0.6) is 0 Å². The summed E-state index contributed by atoms with van der Waals surface area (Å²) >= 11 is 12.4. The van der Waals surface area contributed by atoms with Gasteiger partial charge in [-0.05, 0) is 17.7 Å². The Morgan fingerprint density at radius 2 is 2.12 bits per heavy atom. The molecule has 0 spiro atoms. The molecule has 1 fully saturated rings. The van der Waals surface area contributed by atoms with Gasteiger partial charge in [-0.15, -0.1) is 0 Å². The highest BCUT2D eigenvalue weighted by atomic mass is 35.5. The second-order valence-electron chi connectivity index (χ2n) is 3.46. The standard InChI is InChI=1S/C11H10ClNOS2/c12-9-3-1-8(2-4-9)7-10(14)13-5-6-16-11(13)15/h1-4H,5-7H2. The van der Waals surface area contributed by atoms with Gasteiger partial charge in [-0.3, -0.25) is 9.69 Å². The van der Waals surface area contributed by atoms with Gasteiger partial charge in [-0.2, -0.15) is 0 Å². The maximum atomic E-state index is 11.9. The lowest BCUT2D eigenvalue weighted by atomic mass is 10.1. The normalized spacial score (nSPS) is 15.6. The van der Waals surface area contributed by atoms with E-state index in [0.717, 1.165) is 17.9 Å². The Kier molecular flexibility index (Phi) is 3.84. The van der Waals surface area contributed by atoms with Crippen LogP contribution in [0, 0.1) is 0 Å². The van der Waals surface area contributed by atoms with Crippen molar-refractivity contribution in [3.63, 3.8) is 0 Å². The lowest BCUT2D eigenvalue weighted by Crippen LogP contribution is -2.31. The number of thioether (sulfide) groups is 1. The van der Waals surface area contributed by atoms with Crippen LogP contribution in [0.4, 0.5) is 0 Å². The molecule has 0 aromatic heterocycles. The second kappa shape index (κ2) is 5.17. The fourth-order valence-electron chi connectivity index (χ4n) is 1.49. The summed E-state index contributed by atoms with van der Waals surface area (Å²) in [6.07, 6.45) is 0.387. The summed E-state index contributed by atoms with van der Waals surface area (Å²) < 4.78 is 0.693. The van der Waals surface area contributed by atoms with Gasteiger partial charge in [-0.1, -0.05) is 47.7 Å². The van der Waals surface area contributed by atoms with Crippen LogP contribution < -0.4 is 0 Å². The van der Waals surface area contributed by atoms with E-state index in [2.05, 4.69) is 0 Å². The van der Waals surface area contributed by atoms with Crippen molar-refractivity contribution in [1.82, 2.24) is 4.90 Å². The number of carbonyl (C=O) groups excluding carboxylic acids is 1. The molecule has 1 saturated heterocycles. The summed E-state index contributed by atoms with van der Waals surface area (Å²) in [4.78, 5) is 13.6. The Morgan fingerprint density at radius 3 is 2.69 bits per heavy atom. The largest absolute Gasteiger partial charge is 0.297 e. The smallest absolute Gasteiger partial charge is 0.232 e. The van der Waals surface area contributed by atoms with E-state index < -0.39 is 0 Å². The minimum atomic E-state index is 0.0670. The molecule has 0 atom stereocenters. The third-order valence-corrected chi connectivity index (χ3v) is 4.01. The quantitative estimate of drug-likeness (QED) is 0.772. The molecule has 0 saturated carbocycles. The van der Waals surface area contributed by atoms with E-state index in [1.807, 2.05) is 12.1 Å². The zero-order chi connectivity index (χ0) is 11.5. The maximum absolute atomic E-state index is 11.9. The molecule has 0 unspecified atom stereocenters. The van der Waals surface area contributed by atoms with E-state index in [4.69, 9.17) is 23.8 Å². The number of carbonyl (C=O) groups is 1. The molecule has 0 aliphatic carbocycles. The van der Waals surface area contributed by atoms with Crippen molar-refractivity contribution >= 4 is 45.8 Å². The van der Waals surface area contributed by atoms with Crippen LogP contribution >= 0.6 is 35.6 Å². The third-order valence-electron chi connectivity index (χ3n) is 2.33. The first-order chi connectivity index (χ1) is 7.66. The Labute approximate surface area is 109 Å². The van der Waals surface area contributed by atoms with Gasteiger partial charge in [0.25, 0.3) is 0 Å². The molecule has 2 rings (SSSR count). The number of nitrogens with zero attached hydrogens (tertiary/aromatic N) is 1. The molecular weight excluding hydrogens is 262 g/mol. The van der Waals surface area contributed by atoms with Gasteiger partial charge in [0.2, 0.25) is 5.91 Å². The van der Waals surface area contributed by atoms with Crippen molar-refractivity contribution in [2.75, 3.05) is 12.3 Å². The number of hydrogen-bond acceptors (Lipinski definition) is 3. The van der Waals surface area contributed by atoms with Gasteiger partial charge in [-0.25, -0.2) is 0 Å². The highest BCUT2D eigenvalue weighted by Crippen LogP contribution is 2.19. The zero-order valence-electron chi connectivity index (χ0n) is 8.48. The highest BCUT2D eigenvalue weighted by molar-refractivity contribution is 8.23. The van der Waals surface area contributed by atoms with Gasteiger partial charge in [0.1, 0.15) is 4.32 Å². The molecule has 2 nitrogen and oxygen atoms in total. The summed E-state index contributed by atoms with van der Waals surface area (Å²) in [5.41, 5.74) is 0.967. The average Bonchev–Trinajstić information content (AvgIpc) is 2.68. The van der Waals surface area contributed by atoms with Crippen LogP contribution in [0.3, 0.4) is 0 Å². The van der Waals surface area contributed by atoms with Crippen LogP contribution in [0.2, 0.25) is 5.02 Å². The van der Waals surface area contributed by atoms with E-state index in [1.54, 1.807) is 28.8 Å². The van der Waals surface area contributed by atoms with E-state index in [9.17, 15) is 4.79 Å². The molecule has 1 heterocycles. The monoisotopic (exact) mass is 271 g/mol. The van der Waals surface area contributed by atoms with Crippen molar-refractivity contribution < 1.29 is 4.79 Å². The molecule has 84 valence electrons. The Hall–Kier alpha value is -0.580. The third kappa shape index (κ3) is 2.75. The van der Waals surface area contributed by atoms with Gasteiger partial charge in [0.15, 0.2) is 0 Å². The average molecular weight is 272 g/mol. The summed E-state index contributed by atoms with van der Waals surface area (Å²) in [7, 11) is 0. The fourth-order valence-corrected chi connectivity index (χ4v) is 2.86. The Morgan fingerprint density at radius 1 is 1.44 bits per heavy atom. The first-order valence-corrected chi connectivity index (χ1v) is 6.65. The molecule has 1 amide bonds. The van der Waals surface area contributed by atoms with E-state index in [1.165, 1.54) is 0 Å². The fraction of sp³-hybridized carbons (Fsp3) is 0.273. The van der Waals surface area contributed by atoms with Crippen LogP contribution in [0.1, 0.15) is 5.56 Å². The van der Waals surface area contributed by atoms with Crippen molar-refractivity contribution in [3.05, 3.63) is 34.9 Å². The lowest BCUT2D eigenvalue weighted by molar-refractivity contribution is -0.126. The molecule has 1 aromatic carbocycles. The minimum Gasteiger partial charge on any atom is -0.297 e. The number of thiocarbonyl (C=S) groups is 1. The van der Waals surface area contributed by atoms with Gasteiger partial charge in [0.05, 0.1) is 6.42 Å². The molecule has 0 N–H and O–H groups in total. The van der Waals surface area contributed by atoms with Crippen LogP contribution in [-0.2, 0) is 11.2 Å². The first kappa shape index (κ1) is 11.9. The van der Waals surface area contributed by atoms with E-state index in [0.29, 0.717) is 15.8 Å². The topological polar surface area (TPSA) is 20.3 Å². The van der Waals surface area contributed by atoms with Crippen LogP contribution in [0.15, 0.2) is 24.3 Å². The van der Waals surface area contributed by atoms with Crippen LogP contribution in [0.25, 0.3) is 0 Å². The van der Waals surface area contributed by atoms with E-state index >= 15 is 0 Å². The Balaban J connectivity index is 2.02. The second-order valence-corrected chi connectivity index (χ2v) is 5.63. The van der Waals surface area contributed by atoms with Crippen molar-refractivity contribution in [3.8, 4) is 0 Å². The maximum Gasteiger partial charge on any atom is 0.232 e. The lowest BCUT2D eigenvalue weighted by Gasteiger charge is -2.14. The number of amides is 1. The number of rotatable bonds is 2. The van der Waals surface area contributed by atoms with Gasteiger partial charge < -0.3 is 0 Å². The number of benzene rings is 1. The Bertz CT molecular complexity index is 418. The number of halogens is 1. The minimum absolute atomic E-state index is 0.0670. The van der Waals surface area contributed by atoms with Gasteiger partial charge >= 0.3 is 0 Å². The molecule has 5 heteroatoms.